The molecule has 8 nitrogen and oxygen atoms in total. The molecule has 0 unspecified atom stereocenters. The summed E-state index contributed by atoms with van der Waals surface area (Å²) in [5.74, 6) is -2.75. The lowest BCUT2D eigenvalue weighted by molar-refractivity contribution is 0.107. The minimum absolute atomic E-state index is 0.00689. The molecule has 45 heavy (non-hydrogen) atoms. The van der Waals surface area contributed by atoms with Gasteiger partial charge in [-0.05, 0) is 68.7 Å². The third-order valence-corrected chi connectivity index (χ3v) is 10.8. The van der Waals surface area contributed by atoms with Crippen LogP contribution in [0.5, 0.6) is 11.8 Å². The highest BCUT2D eigenvalue weighted by molar-refractivity contribution is 6.01. The van der Waals surface area contributed by atoms with E-state index in [9.17, 15) is 13.9 Å². The van der Waals surface area contributed by atoms with E-state index >= 15 is 8.78 Å². The van der Waals surface area contributed by atoms with Crippen LogP contribution >= 0.6 is 0 Å². The van der Waals surface area contributed by atoms with E-state index in [1.165, 1.54) is 18.2 Å². The lowest BCUT2D eigenvalue weighted by Gasteiger charge is -2.41. The minimum Gasteiger partial charge on any atom is -0.508 e. The maximum Gasteiger partial charge on any atom is 0.319 e. The zero-order valence-corrected chi connectivity index (χ0v) is 24.5. The van der Waals surface area contributed by atoms with Gasteiger partial charge in [0.25, 0.3) is 0 Å². The van der Waals surface area contributed by atoms with E-state index in [0.717, 1.165) is 44.7 Å². The number of phenols is 1. The van der Waals surface area contributed by atoms with Gasteiger partial charge in [0.2, 0.25) is 0 Å². The monoisotopic (exact) mass is 620 g/mol. The number of nitrogens with one attached hydrogen (secondary N) is 1. The number of phenolic OH excluding ortho intramolecular Hbond substituents is 1. The largest absolute Gasteiger partial charge is 0.508 e. The van der Waals surface area contributed by atoms with Crippen molar-refractivity contribution in [2.24, 2.45) is 0 Å². The van der Waals surface area contributed by atoms with Crippen molar-refractivity contribution in [3.8, 4) is 23.0 Å². The second kappa shape index (κ2) is 9.86. The normalized spacial score (nSPS) is 28.9. The first-order chi connectivity index (χ1) is 21.8. The number of rotatable bonds is 4. The SMILES string of the molecule is Oc1cc(-c2nc3c4c(nc(OC[C@@]56CCCN5C[C@H](F)C6)nc4c2F)N2C[C@H]4CC[C@H](N4)[C@H]2CC3)c2c(F)c(F)ccc2c1. The summed E-state index contributed by atoms with van der Waals surface area (Å²) in [6.07, 6.45) is 4.49. The van der Waals surface area contributed by atoms with E-state index in [1.54, 1.807) is 0 Å². The smallest absolute Gasteiger partial charge is 0.319 e. The highest BCUT2D eigenvalue weighted by Crippen LogP contribution is 2.44. The standard InChI is InChI=1S/C33H32F4N6O2/c34-17-12-33(8-1-9-42(33)13-17)15-45-32-40-30-26-23(6-7-24-22-5-3-18(38-22)14-43(24)31(26)41-32)39-29(28(30)37)20-11-19(44)10-16-2-4-21(35)27(36)25(16)20/h2,4,10-11,17-18,22,24,38,44H,1,3,5-9,12-15H2/t17-,18-,22+,24-,33+/m1/s1. The van der Waals surface area contributed by atoms with Gasteiger partial charge in [-0.2, -0.15) is 9.97 Å². The molecule has 0 amide bonds. The zero-order chi connectivity index (χ0) is 30.6. The topological polar surface area (TPSA) is 86.6 Å². The van der Waals surface area contributed by atoms with E-state index < -0.39 is 29.2 Å². The summed E-state index contributed by atoms with van der Waals surface area (Å²) in [6.45, 7) is 2.06. The second-order valence-corrected chi connectivity index (χ2v) is 13.4. The van der Waals surface area contributed by atoms with Crippen LogP contribution in [0.2, 0.25) is 0 Å². The van der Waals surface area contributed by atoms with Gasteiger partial charge in [-0.3, -0.25) is 4.90 Å². The van der Waals surface area contributed by atoms with Gasteiger partial charge in [0, 0.05) is 48.6 Å². The van der Waals surface area contributed by atoms with Crippen LogP contribution in [0.25, 0.3) is 32.9 Å². The Bertz CT molecular complexity index is 1890. The van der Waals surface area contributed by atoms with Crippen LogP contribution in [0, 0.1) is 17.5 Å². The van der Waals surface area contributed by atoms with Gasteiger partial charge in [0.05, 0.1) is 16.6 Å². The summed E-state index contributed by atoms with van der Waals surface area (Å²) in [6, 6.07) is 5.43. The van der Waals surface area contributed by atoms with Gasteiger partial charge < -0.3 is 20.1 Å². The number of aromatic nitrogens is 3. The average Bonchev–Trinajstić information content (AvgIpc) is 3.65. The molecule has 5 aliphatic rings. The van der Waals surface area contributed by atoms with Crippen molar-refractivity contribution in [2.45, 2.75) is 74.8 Å². The van der Waals surface area contributed by atoms with Crippen LogP contribution in [0.1, 0.15) is 44.2 Å². The van der Waals surface area contributed by atoms with Gasteiger partial charge in [0.15, 0.2) is 17.5 Å². The third-order valence-electron chi connectivity index (χ3n) is 10.8. The molecule has 4 saturated heterocycles. The molecule has 2 aromatic heterocycles. The molecule has 0 radical (unpaired) electrons. The molecular formula is C33H32F4N6O2. The average molecular weight is 621 g/mol. The molecule has 0 spiro atoms. The van der Waals surface area contributed by atoms with Gasteiger partial charge in [-0.15, -0.1) is 0 Å². The summed E-state index contributed by atoms with van der Waals surface area (Å²) >= 11 is 0. The number of ether oxygens (including phenoxy) is 1. The highest BCUT2D eigenvalue weighted by atomic mass is 19.2. The van der Waals surface area contributed by atoms with Gasteiger partial charge in [-0.25, -0.2) is 22.5 Å². The van der Waals surface area contributed by atoms with Crippen LogP contribution < -0.4 is 15.0 Å². The summed E-state index contributed by atoms with van der Waals surface area (Å²) in [4.78, 5) is 18.6. The molecule has 4 aromatic rings. The number of anilines is 1. The summed E-state index contributed by atoms with van der Waals surface area (Å²) < 4.78 is 67.4. The molecule has 2 aromatic carbocycles. The predicted octanol–water partition coefficient (Wildman–Crippen LogP) is 5.18. The maximum atomic E-state index is 16.9. The lowest BCUT2D eigenvalue weighted by Crippen LogP contribution is -2.58. The van der Waals surface area contributed by atoms with Crippen LogP contribution in [0.3, 0.4) is 0 Å². The summed E-state index contributed by atoms with van der Waals surface area (Å²) in [5.41, 5.74) is -0.209. The first-order valence-electron chi connectivity index (χ1n) is 15.8. The van der Waals surface area contributed by atoms with Crippen LogP contribution in [0.4, 0.5) is 23.4 Å². The Balaban J connectivity index is 1.24. The van der Waals surface area contributed by atoms with Crippen LogP contribution in [-0.4, -0.2) is 81.0 Å². The van der Waals surface area contributed by atoms with E-state index in [4.69, 9.17) is 14.7 Å². The zero-order valence-electron chi connectivity index (χ0n) is 24.5. The summed E-state index contributed by atoms with van der Waals surface area (Å²) in [5, 5.41) is 14.7. The van der Waals surface area contributed by atoms with Crippen molar-refractivity contribution in [1.29, 1.82) is 0 Å². The molecule has 4 fully saturated rings. The maximum absolute atomic E-state index is 16.9. The molecule has 0 aliphatic carbocycles. The Hall–Kier alpha value is -3.77. The number of halogens is 4. The van der Waals surface area contributed by atoms with Crippen LogP contribution in [0.15, 0.2) is 24.3 Å². The lowest BCUT2D eigenvalue weighted by atomic mass is 9.95. The quantitative estimate of drug-likeness (QED) is 0.302. The van der Waals surface area contributed by atoms with E-state index in [0.29, 0.717) is 42.8 Å². The number of benzene rings is 2. The first-order valence-corrected chi connectivity index (χ1v) is 15.8. The van der Waals surface area contributed by atoms with Crippen molar-refractivity contribution >= 4 is 27.5 Å². The van der Waals surface area contributed by atoms with Crippen molar-refractivity contribution in [3.05, 3.63) is 47.4 Å². The van der Waals surface area contributed by atoms with Gasteiger partial charge in [-0.1, -0.05) is 6.07 Å². The van der Waals surface area contributed by atoms with Crippen molar-refractivity contribution < 1.29 is 27.4 Å². The van der Waals surface area contributed by atoms with Crippen molar-refractivity contribution in [3.63, 3.8) is 0 Å². The molecular weight excluding hydrogens is 588 g/mol. The fourth-order valence-electron chi connectivity index (χ4n) is 8.83. The fraction of sp³-hybridized carbons (Fsp3) is 0.485. The molecule has 5 aliphatic heterocycles. The molecule has 5 atom stereocenters. The number of pyridine rings is 1. The van der Waals surface area contributed by atoms with Crippen molar-refractivity contribution in [2.75, 3.05) is 31.1 Å². The summed E-state index contributed by atoms with van der Waals surface area (Å²) in [7, 11) is 0. The number of alkyl halides is 1. The molecule has 234 valence electrons. The Morgan fingerprint density at radius 3 is 2.80 bits per heavy atom. The van der Waals surface area contributed by atoms with E-state index in [2.05, 4.69) is 20.1 Å². The second-order valence-electron chi connectivity index (χ2n) is 13.4. The van der Waals surface area contributed by atoms with Crippen LogP contribution in [-0.2, 0) is 6.42 Å². The number of aryl methyl sites for hydroxylation is 1. The molecule has 2 N–H and O–H groups in total. The Labute approximate surface area is 256 Å². The molecule has 2 bridgehead atoms. The van der Waals surface area contributed by atoms with Gasteiger partial charge in [0.1, 0.15) is 35.6 Å². The molecule has 9 rings (SSSR count). The number of hydrogen-bond donors (Lipinski definition) is 2. The highest BCUT2D eigenvalue weighted by Gasteiger charge is 2.50. The molecule has 7 heterocycles. The van der Waals surface area contributed by atoms with E-state index in [1.807, 2.05) is 0 Å². The number of aromatic hydroxyl groups is 1. The van der Waals surface area contributed by atoms with Crippen molar-refractivity contribution in [1.82, 2.24) is 25.2 Å². The third kappa shape index (κ3) is 4.14. The Kier molecular flexibility index (Phi) is 6.03. The molecule has 12 heteroatoms. The van der Waals surface area contributed by atoms with Gasteiger partial charge >= 0.3 is 6.01 Å². The predicted molar refractivity (Wildman–Crippen MR) is 160 cm³/mol. The Morgan fingerprint density at radius 2 is 1.91 bits per heavy atom. The molecule has 0 saturated carbocycles. The van der Waals surface area contributed by atoms with E-state index in [-0.39, 0.29) is 64.0 Å². The minimum atomic E-state index is -1.15. The Morgan fingerprint density at radius 1 is 1.02 bits per heavy atom. The fourth-order valence-corrected chi connectivity index (χ4v) is 8.83. The first kappa shape index (κ1) is 27.5. The number of fused-ring (bicyclic) bond motifs is 7. The number of hydrogen-bond acceptors (Lipinski definition) is 8. The number of piperazine rings is 1. The number of nitrogens with zero attached hydrogens (tertiary/aromatic N) is 5.